The van der Waals surface area contributed by atoms with Crippen molar-refractivity contribution in [1.29, 1.82) is 0 Å². The van der Waals surface area contributed by atoms with Gasteiger partial charge in [-0.25, -0.2) is 4.98 Å². The lowest BCUT2D eigenvalue weighted by molar-refractivity contribution is -0.125. The van der Waals surface area contributed by atoms with E-state index in [9.17, 15) is 4.79 Å². The van der Waals surface area contributed by atoms with E-state index in [1.165, 1.54) is 6.42 Å². The molecule has 4 nitrogen and oxygen atoms in total. The van der Waals surface area contributed by atoms with Crippen LogP contribution in [0.4, 0.5) is 0 Å². The Morgan fingerprint density at radius 1 is 1.41 bits per heavy atom. The second-order valence-corrected chi connectivity index (χ2v) is 7.19. The normalized spacial score (nSPS) is 25.5. The molecule has 0 spiro atoms. The van der Waals surface area contributed by atoms with E-state index in [4.69, 9.17) is 5.73 Å². The zero-order chi connectivity index (χ0) is 14.2. The van der Waals surface area contributed by atoms with Gasteiger partial charge >= 0.3 is 0 Å². The maximum atomic E-state index is 12.3. The Hall–Kier alpha value is -0.360. The van der Waals surface area contributed by atoms with Crippen LogP contribution in [0.1, 0.15) is 55.6 Å². The SMILES string of the molecule is Cc1csc(C2(NC(=O)C[C@@H]3CCC[C@H]3N)CCC2)n1.Cl.Cl. The predicted octanol–water partition coefficient (Wildman–Crippen LogP) is 3.31. The standard InChI is InChI=1S/C15H23N3OS.2ClH/c1-10-9-20-14(17-10)15(6-3-7-15)18-13(19)8-11-4-2-5-12(11)16;;/h9,11-12H,2-8,16H2,1H3,(H,18,19);2*1H/t11-,12+;;/m0../s1. The monoisotopic (exact) mass is 365 g/mol. The van der Waals surface area contributed by atoms with Crippen LogP contribution < -0.4 is 11.1 Å². The Bertz CT molecular complexity index is 505. The number of nitrogens with zero attached hydrogens (tertiary/aromatic N) is 1. The molecule has 0 aliphatic heterocycles. The zero-order valence-electron chi connectivity index (χ0n) is 12.8. The fourth-order valence-electron chi connectivity index (χ4n) is 3.37. The molecule has 2 saturated carbocycles. The van der Waals surface area contributed by atoms with E-state index < -0.39 is 0 Å². The average molecular weight is 366 g/mol. The van der Waals surface area contributed by atoms with Crippen molar-refractivity contribution < 1.29 is 4.79 Å². The molecule has 3 rings (SSSR count). The molecule has 1 aromatic rings. The van der Waals surface area contributed by atoms with E-state index in [0.29, 0.717) is 12.3 Å². The first-order valence-electron chi connectivity index (χ1n) is 7.58. The van der Waals surface area contributed by atoms with E-state index in [1.54, 1.807) is 11.3 Å². The van der Waals surface area contributed by atoms with Gasteiger partial charge in [-0.3, -0.25) is 4.79 Å². The molecule has 2 fully saturated rings. The molecule has 1 amide bonds. The van der Waals surface area contributed by atoms with Gasteiger partial charge in [0.05, 0.1) is 5.54 Å². The summed E-state index contributed by atoms with van der Waals surface area (Å²) in [5.41, 5.74) is 6.92. The van der Waals surface area contributed by atoms with Crippen molar-refractivity contribution in [3.63, 3.8) is 0 Å². The highest BCUT2D eigenvalue weighted by Crippen LogP contribution is 2.42. The fourth-order valence-corrected chi connectivity index (χ4v) is 4.38. The first-order chi connectivity index (χ1) is 9.59. The molecule has 2 aliphatic carbocycles. The number of halogens is 2. The minimum Gasteiger partial charge on any atom is -0.344 e. The molecule has 0 aromatic carbocycles. The van der Waals surface area contributed by atoms with Gasteiger partial charge in [0, 0.05) is 23.5 Å². The molecular weight excluding hydrogens is 341 g/mol. The van der Waals surface area contributed by atoms with Gasteiger partial charge in [0.25, 0.3) is 0 Å². The van der Waals surface area contributed by atoms with Gasteiger partial charge in [-0.1, -0.05) is 6.42 Å². The third kappa shape index (κ3) is 3.94. The number of carbonyl (C=O) groups excluding carboxylic acids is 1. The smallest absolute Gasteiger partial charge is 0.221 e. The first-order valence-corrected chi connectivity index (χ1v) is 8.46. The molecule has 22 heavy (non-hydrogen) atoms. The number of hydrogen-bond donors (Lipinski definition) is 2. The minimum atomic E-state index is -0.182. The van der Waals surface area contributed by atoms with E-state index in [2.05, 4.69) is 15.7 Å². The van der Waals surface area contributed by atoms with Gasteiger partial charge in [0.2, 0.25) is 5.91 Å². The Labute approximate surface area is 148 Å². The number of aromatic nitrogens is 1. The Balaban J connectivity index is 0.00000121. The summed E-state index contributed by atoms with van der Waals surface area (Å²) in [5.74, 6) is 0.519. The van der Waals surface area contributed by atoms with E-state index in [1.807, 2.05) is 6.92 Å². The second kappa shape index (κ2) is 7.95. The van der Waals surface area contributed by atoms with Crippen molar-refractivity contribution in [2.24, 2.45) is 11.7 Å². The fraction of sp³-hybridized carbons (Fsp3) is 0.733. The number of aryl methyl sites for hydroxylation is 1. The molecule has 2 aliphatic rings. The summed E-state index contributed by atoms with van der Waals surface area (Å²) < 4.78 is 0. The Kier molecular flexibility index (Phi) is 7.12. The summed E-state index contributed by atoms with van der Waals surface area (Å²) in [6, 6.07) is 0.209. The summed E-state index contributed by atoms with van der Waals surface area (Å²) in [6.07, 6.45) is 7.10. The van der Waals surface area contributed by atoms with Crippen LogP contribution >= 0.6 is 36.2 Å². The number of nitrogens with two attached hydrogens (primary N) is 1. The minimum absolute atomic E-state index is 0. The number of thiazole rings is 1. The van der Waals surface area contributed by atoms with Gasteiger partial charge in [0.1, 0.15) is 5.01 Å². The summed E-state index contributed by atoms with van der Waals surface area (Å²) >= 11 is 1.67. The van der Waals surface area contributed by atoms with Crippen LogP contribution in [0.15, 0.2) is 5.38 Å². The van der Waals surface area contributed by atoms with Crippen molar-refractivity contribution in [3.8, 4) is 0 Å². The number of rotatable bonds is 4. The van der Waals surface area contributed by atoms with Crippen molar-refractivity contribution in [2.75, 3.05) is 0 Å². The van der Waals surface area contributed by atoms with Crippen LogP contribution in [0.2, 0.25) is 0 Å². The summed E-state index contributed by atoms with van der Waals surface area (Å²) in [7, 11) is 0. The largest absolute Gasteiger partial charge is 0.344 e. The van der Waals surface area contributed by atoms with E-state index in [-0.39, 0.29) is 42.3 Å². The molecule has 2 atom stereocenters. The Morgan fingerprint density at radius 3 is 2.59 bits per heavy atom. The van der Waals surface area contributed by atoms with Crippen LogP contribution in [-0.4, -0.2) is 16.9 Å². The molecule has 0 unspecified atom stereocenters. The van der Waals surface area contributed by atoms with Crippen molar-refractivity contribution in [2.45, 2.75) is 63.5 Å². The van der Waals surface area contributed by atoms with Crippen molar-refractivity contribution in [3.05, 3.63) is 16.1 Å². The lowest BCUT2D eigenvalue weighted by Crippen LogP contribution is -2.51. The maximum Gasteiger partial charge on any atom is 0.221 e. The molecule has 0 saturated heterocycles. The molecule has 1 heterocycles. The zero-order valence-corrected chi connectivity index (χ0v) is 15.3. The summed E-state index contributed by atoms with van der Waals surface area (Å²) in [5, 5.41) is 6.40. The van der Waals surface area contributed by atoms with Crippen molar-refractivity contribution in [1.82, 2.24) is 10.3 Å². The predicted molar refractivity (Wildman–Crippen MR) is 95.0 cm³/mol. The van der Waals surface area contributed by atoms with Crippen LogP contribution in [-0.2, 0) is 10.3 Å². The topological polar surface area (TPSA) is 68.0 Å². The van der Waals surface area contributed by atoms with Crippen LogP contribution in [0, 0.1) is 12.8 Å². The highest BCUT2D eigenvalue weighted by Gasteiger charge is 2.43. The number of hydrogen-bond acceptors (Lipinski definition) is 4. The van der Waals surface area contributed by atoms with Crippen LogP contribution in [0.5, 0.6) is 0 Å². The quantitative estimate of drug-likeness (QED) is 0.859. The average Bonchev–Trinajstić information content (AvgIpc) is 2.94. The molecule has 0 bridgehead atoms. The number of nitrogens with one attached hydrogen (secondary N) is 1. The van der Waals surface area contributed by atoms with Gasteiger partial charge in [-0.2, -0.15) is 0 Å². The van der Waals surface area contributed by atoms with E-state index in [0.717, 1.165) is 42.8 Å². The summed E-state index contributed by atoms with van der Waals surface area (Å²) in [4.78, 5) is 16.9. The van der Waals surface area contributed by atoms with Gasteiger partial charge in [-0.15, -0.1) is 36.2 Å². The molecular formula is C15H25Cl2N3OS. The molecule has 126 valence electrons. The lowest BCUT2D eigenvalue weighted by atomic mass is 9.77. The molecule has 0 radical (unpaired) electrons. The third-order valence-electron chi connectivity index (χ3n) is 4.78. The van der Waals surface area contributed by atoms with Crippen LogP contribution in [0.3, 0.4) is 0 Å². The number of carbonyl (C=O) groups is 1. The molecule has 1 aromatic heterocycles. The first kappa shape index (κ1) is 19.7. The Morgan fingerprint density at radius 2 is 2.14 bits per heavy atom. The lowest BCUT2D eigenvalue weighted by Gasteiger charge is -2.41. The van der Waals surface area contributed by atoms with E-state index >= 15 is 0 Å². The molecule has 3 N–H and O–H groups in total. The van der Waals surface area contributed by atoms with Gasteiger partial charge in [-0.05, 0) is 44.9 Å². The third-order valence-corrected chi connectivity index (χ3v) is 5.94. The molecule has 7 heteroatoms. The second-order valence-electron chi connectivity index (χ2n) is 6.34. The van der Waals surface area contributed by atoms with Crippen molar-refractivity contribution >= 4 is 42.1 Å². The van der Waals surface area contributed by atoms with Crippen LogP contribution in [0.25, 0.3) is 0 Å². The number of amides is 1. The summed E-state index contributed by atoms with van der Waals surface area (Å²) in [6.45, 7) is 2.01. The maximum absolute atomic E-state index is 12.3. The van der Waals surface area contributed by atoms with Gasteiger partial charge < -0.3 is 11.1 Å². The highest BCUT2D eigenvalue weighted by molar-refractivity contribution is 7.09. The highest BCUT2D eigenvalue weighted by atomic mass is 35.5. The van der Waals surface area contributed by atoms with Gasteiger partial charge in [0.15, 0.2) is 0 Å².